The van der Waals surface area contributed by atoms with Gasteiger partial charge in [-0.2, -0.15) is 5.26 Å². The number of nitriles is 1. The molecule has 0 atom stereocenters. The highest BCUT2D eigenvalue weighted by Crippen LogP contribution is 2.29. The Hall–Kier alpha value is -2.09. The predicted octanol–water partition coefficient (Wildman–Crippen LogP) is 0.820. The Labute approximate surface area is 152 Å². The molecule has 0 unspecified atom stereocenters. The molecular weight excluding hydrogens is 376 g/mol. The van der Waals surface area contributed by atoms with Gasteiger partial charge in [-0.05, 0) is 18.6 Å². The molecule has 0 amide bonds. The number of H-pyrrole nitrogens is 1. The quantitative estimate of drug-likeness (QED) is 0.771. The molecule has 1 saturated heterocycles. The Kier molecular flexibility index (Phi) is 4.96. The first-order valence-corrected chi connectivity index (χ1v) is 11.6. The van der Waals surface area contributed by atoms with Crippen LogP contribution in [0, 0.1) is 18.3 Å². The summed E-state index contributed by atoms with van der Waals surface area (Å²) in [6.45, 7) is 2.84. The van der Waals surface area contributed by atoms with Crippen molar-refractivity contribution in [1.82, 2.24) is 9.88 Å². The first-order valence-electron chi connectivity index (χ1n) is 8.15. The molecule has 1 aliphatic heterocycles. The molecule has 140 valence electrons. The number of sulfone groups is 1. The average molecular weight is 396 g/mol. The molecule has 1 fully saturated rings. The lowest BCUT2D eigenvalue weighted by Crippen LogP contribution is -2.42. The lowest BCUT2D eigenvalue weighted by molar-refractivity contribution is 0.312. The van der Waals surface area contributed by atoms with Crippen molar-refractivity contribution >= 4 is 36.5 Å². The minimum atomic E-state index is -3.61. The molecule has 1 aliphatic rings. The molecule has 26 heavy (non-hydrogen) atoms. The van der Waals surface area contributed by atoms with Gasteiger partial charge in [-0.3, -0.25) is 4.72 Å². The van der Waals surface area contributed by atoms with Gasteiger partial charge >= 0.3 is 0 Å². The highest BCUT2D eigenvalue weighted by molar-refractivity contribution is 7.92. The van der Waals surface area contributed by atoms with Gasteiger partial charge in [0.15, 0.2) is 9.84 Å². The first kappa shape index (κ1) is 18.7. The summed E-state index contributed by atoms with van der Waals surface area (Å²) in [4.78, 5) is 4.80. The van der Waals surface area contributed by atoms with Crippen molar-refractivity contribution in [1.29, 1.82) is 5.26 Å². The number of fused-ring (bicyclic) bond motifs is 1. The fourth-order valence-electron chi connectivity index (χ4n) is 3.04. The second-order valence-corrected chi connectivity index (χ2v) is 10.6. The number of aromatic amines is 1. The van der Waals surface area contributed by atoms with E-state index in [1.165, 1.54) is 0 Å². The Bertz CT molecular complexity index is 1070. The summed E-state index contributed by atoms with van der Waals surface area (Å²) in [5.74, 6) is 0.00514. The number of benzene rings is 1. The molecule has 0 bridgehead atoms. The third-order valence-electron chi connectivity index (χ3n) is 4.54. The van der Waals surface area contributed by atoms with Crippen molar-refractivity contribution in [2.75, 3.05) is 41.6 Å². The van der Waals surface area contributed by atoms with Gasteiger partial charge in [0.25, 0.3) is 0 Å². The SMILES string of the molecule is Cc1ccc(NS(=O)(=O)CCN2CCS(=O)(=O)CC2)c2[nH]cc(C#N)c12. The second kappa shape index (κ2) is 6.90. The summed E-state index contributed by atoms with van der Waals surface area (Å²) in [5.41, 5.74) is 2.32. The number of aromatic nitrogens is 1. The highest BCUT2D eigenvalue weighted by Gasteiger charge is 2.23. The molecule has 0 spiro atoms. The number of nitrogens with one attached hydrogen (secondary N) is 2. The Morgan fingerprint density at radius 1 is 1.31 bits per heavy atom. The number of hydrogen-bond acceptors (Lipinski definition) is 6. The van der Waals surface area contributed by atoms with Crippen LogP contribution in [0.15, 0.2) is 18.3 Å². The van der Waals surface area contributed by atoms with Gasteiger partial charge < -0.3 is 9.88 Å². The fourth-order valence-corrected chi connectivity index (χ4v) is 5.42. The van der Waals surface area contributed by atoms with Crippen LogP contribution < -0.4 is 4.72 Å². The maximum atomic E-state index is 12.4. The van der Waals surface area contributed by atoms with E-state index in [1.54, 1.807) is 18.3 Å². The summed E-state index contributed by atoms with van der Waals surface area (Å²) in [7, 11) is -6.59. The number of aryl methyl sites for hydroxylation is 1. The van der Waals surface area contributed by atoms with E-state index < -0.39 is 19.9 Å². The van der Waals surface area contributed by atoms with Crippen molar-refractivity contribution in [2.45, 2.75) is 6.92 Å². The maximum Gasteiger partial charge on any atom is 0.234 e. The van der Waals surface area contributed by atoms with Crippen molar-refractivity contribution in [3.8, 4) is 6.07 Å². The van der Waals surface area contributed by atoms with Crippen LogP contribution in [0.1, 0.15) is 11.1 Å². The van der Waals surface area contributed by atoms with Crippen molar-refractivity contribution < 1.29 is 16.8 Å². The van der Waals surface area contributed by atoms with E-state index in [2.05, 4.69) is 15.8 Å². The average Bonchev–Trinajstić information content (AvgIpc) is 3.02. The molecule has 3 rings (SSSR count). The van der Waals surface area contributed by atoms with Gasteiger partial charge in [0.2, 0.25) is 10.0 Å². The normalized spacial score (nSPS) is 17.8. The summed E-state index contributed by atoms with van der Waals surface area (Å²) in [6, 6.07) is 5.53. The molecule has 1 aromatic carbocycles. The van der Waals surface area contributed by atoms with E-state index in [4.69, 9.17) is 0 Å². The zero-order valence-electron chi connectivity index (χ0n) is 14.3. The van der Waals surface area contributed by atoms with Gasteiger partial charge in [0, 0.05) is 31.2 Å². The number of rotatable bonds is 5. The van der Waals surface area contributed by atoms with Gasteiger partial charge in [-0.15, -0.1) is 0 Å². The predicted molar refractivity (Wildman–Crippen MR) is 100 cm³/mol. The van der Waals surface area contributed by atoms with Gasteiger partial charge in [0.05, 0.1) is 34.0 Å². The number of sulfonamides is 1. The minimum Gasteiger partial charge on any atom is -0.358 e. The highest BCUT2D eigenvalue weighted by atomic mass is 32.2. The van der Waals surface area contributed by atoms with Crippen LogP contribution in [-0.2, 0) is 19.9 Å². The van der Waals surface area contributed by atoms with Crippen LogP contribution in [0.4, 0.5) is 5.69 Å². The number of hydrogen-bond donors (Lipinski definition) is 2. The van der Waals surface area contributed by atoms with E-state index in [9.17, 15) is 22.1 Å². The summed E-state index contributed by atoms with van der Waals surface area (Å²) in [5, 5.41) is 9.88. The topological polar surface area (TPSA) is 123 Å². The summed E-state index contributed by atoms with van der Waals surface area (Å²) in [6.07, 6.45) is 1.56. The first-order chi connectivity index (χ1) is 12.2. The van der Waals surface area contributed by atoms with Crippen LogP contribution in [0.5, 0.6) is 0 Å². The third kappa shape index (κ3) is 4.00. The van der Waals surface area contributed by atoms with Crippen molar-refractivity contribution in [3.05, 3.63) is 29.5 Å². The van der Waals surface area contributed by atoms with Crippen LogP contribution in [0.2, 0.25) is 0 Å². The Morgan fingerprint density at radius 3 is 2.65 bits per heavy atom. The molecule has 8 nitrogen and oxygen atoms in total. The lowest BCUT2D eigenvalue weighted by atomic mass is 10.1. The van der Waals surface area contributed by atoms with E-state index in [-0.39, 0.29) is 23.8 Å². The zero-order valence-corrected chi connectivity index (χ0v) is 16.0. The van der Waals surface area contributed by atoms with E-state index >= 15 is 0 Å². The molecule has 1 aromatic heterocycles. The molecule has 10 heteroatoms. The standard InChI is InChI=1S/C16H20N4O4S2/c1-12-2-3-14(16-15(12)13(10-17)11-18-16)19-26(23,24)9-6-20-4-7-25(21,22)8-5-20/h2-3,11,18-19H,4-9H2,1H3. The third-order valence-corrected chi connectivity index (χ3v) is 7.40. The maximum absolute atomic E-state index is 12.4. The molecule has 0 saturated carbocycles. The number of nitrogens with zero attached hydrogens (tertiary/aromatic N) is 2. The van der Waals surface area contributed by atoms with Gasteiger partial charge in [-0.25, -0.2) is 16.8 Å². The van der Waals surface area contributed by atoms with E-state index in [0.717, 1.165) is 5.56 Å². The molecule has 2 N–H and O–H groups in total. The van der Waals surface area contributed by atoms with E-state index in [0.29, 0.717) is 35.2 Å². The lowest BCUT2D eigenvalue weighted by Gasteiger charge is -2.26. The zero-order chi connectivity index (χ0) is 18.9. The molecule has 2 heterocycles. The van der Waals surface area contributed by atoms with Crippen LogP contribution >= 0.6 is 0 Å². The van der Waals surface area contributed by atoms with Gasteiger partial charge in [0.1, 0.15) is 6.07 Å². The summed E-state index contributed by atoms with van der Waals surface area (Å²) >= 11 is 0. The van der Waals surface area contributed by atoms with Crippen LogP contribution in [0.25, 0.3) is 10.9 Å². The Morgan fingerprint density at radius 2 is 2.00 bits per heavy atom. The smallest absolute Gasteiger partial charge is 0.234 e. The van der Waals surface area contributed by atoms with Crippen LogP contribution in [-0.4, -0.2) is 63.6 Å². The monoisotopic (exact) mass is 396 g/mol. The fraction of sp³-hybridized carbons (Fsp3) is 0.438. The molecule has 2 aromatic rings. The number of anilines is 1. The van der Waals surface area contributed by atoms with Crippen molar-refractivity contribution in [3.63, 3.8) is 0 Å². The molecular formula is C16H20N4O4S2. The van der Waals surface area contributed by atoms with Crippen LogP contribution in [0.3, 0.4) is 0 Å². The van der Waals surface area contributed by atoms with Gasteiger partial charge in [-0.1, -0.05) is 6.07 Å². The minimum absolute atomic E-state index is 0.0679. The summed E-state index contributed by atoms with van der Waals surface area (Å²) < 4.78 is 50.3. The van der Waals surface area contributed by atoms with Crippen molar-refractivity contribution in [2.24, 2.45) is 0 Å². The largest absolute Gasteiger partial charge is 0.358 e. The second-order valence-electron chi connectivity index (χ2n) is 6.41. The van der Waals surface area contributed by atoms with E-state index in [1.807, 2.05) is 11.8 Å². The molecule has 0 aliphatic carbocycles. The Balaban J connectivity index is 1.72. The molecule has 0 radical (unpaired) electrons.